The van der Waals surface area contributed by atoms with Crippen LogP contribution in [-0.2, 0) is 0 Å². The summed E-state index contributed by atoms with van der Waals surface area (Å²) in [5, 5.41) is 0. The normalized spacial score (nSPS) is 16.5. The molecule has 0 bridgehead atoms. The van der Waals surface area contributed by atoms with Crippen molar-refractivity contribution in [3.63, 3.8) is 0 Å². The molecule has 2 atom stereocenters. The molecule has 1 heteroatoms. The van der Waals surface area contributed by atoms with Gasteiger partial charge in [0.2, 0.25) is 0 Å². The number of hydrogen-bond acceptors (Lipinski definition) is 0. The first-order valence-electron chi connectivity index (χ1n) is 5.17. The van der Waals surface area contributed by atoms with E-state index in [1.54, 1.807) is 0 Å². The van der Waals surface area contributed by atoms with Crippen LogP contribution in [-0.4, -0.2) is 5.88 Å². The minimum atomic E-state index is 0.716. The molecule has 0 radical (unpaired) electrons. The fourth-order valence-corrected chi connectivity index (χ4v) is 2.12. The van der Waals surface area contributed by atoms with Crippen molar-refractivity contribution in [3.8, 4) is 0 Å². The van der Waals surface area contributed by atoms with E-state index in [0.717, 1.165) is 17.7 Å². The van der Waals surface area contributed by atoms with Crippen molar-refractivity contribution < 1.29 is 0 Å². The van der Waals surface area contributed by atoms with E-state index >= 15 is 0 Å². The van der Waals surface area contributed by atoms with Gasteiger partial charge in [-0.25, -0.2) is 0 Å². The Morgan fingerprint density at radius 3 is 2.08 bits per heavy atom. The molecule has 0 saturated heterocycles. The van der Waals surface area contributed by atoms with E-state index in [9.17, 15) is 0 Å². The van der Waals surface area contributed by atoms with Gasteiger partial charge in [-0.2, -0.15) is 0 Å². The van der Waals surface area contributed by atoms with Crippen LogP contribution in [0.3, 0.4) is 0 Å². The van der Waals surface area contributed by atoms with Crippen molar-refractivity contribution >= 4 is 11.6 Å². The molecule has 12 heavy (non-hydrogen) atoms. The summed E-state index contributed by atoms with van der Waals surface area (Å²) in [6.45, 7) is 9.13. The fourth-order valence-electron chi connectivity index (χ4n) is 1.64. The molecule has 0 fully saturated rings. The lowest BCUT2D eigenvalue weighted by molar-refractivity contribution is 0.323. The fraction of sp³-hybridized carbons (Fsp3) is 1.00. The van der Waals surface area contributed by atoms with Crippen molar-refractivity contribution in [2.75, 3.05) is 5.88 Å². The van der Waals surface area contributed by atoms with Gasteiger partial charge in [0.05, 0.1) is 0 Å². The molecule has 0 saturated carbocycles. The van der Waals surface area contributed by atoms with Gasteiger partial charge in [-0.1, -0.05) is 40.5 Å². The van der Waals surface area contributed by atoms with Crippen molar-refractivity contribution in [1.29, 1.82) is 0 Å². The van der Waals surface area contributed by atoms with E-state index in [2.05, 4.69) is 27.7 Å². The highest BCUT2D eigenvalue weighted by molar-refractivity contribution is 6.18. The number of halogens is 1. The Balaban J connectivity index is 3.69. The van der Waals surface area contributed by atoms with Crippen molar-refractivity contribution in [3.05, 3.63) is 0 Å². The lowest BCUT2D eigenvalue weighted by atomic mass is 9.87. The SMILES string of the molecule is CCCC(C)CC(CCl)C(C)C. The summed E-state index contributed by atoms with van der Waals surface area (Å²) in [5.74, 6) is 3.13. The molecule has 2 unspecified atom stereocenters. The van der Waals surface area contributed by atoms with Crippen LogP contribution in [0.2, 0.25) is 0 Å². The minimum absolute atomic E-state index is 0.716. The maximum Gasteiger partial charge on any atom is 0.0254 e. The van der Waals surface area contributed by atoms with Crippen LogP contribution in [0.25, 0.3) is 0 Å². The van der Waals surface area contributed by atoms with Gasteiger partial charge in [-0.15, -0.1) is 11.6 Å². The third kappa shape index (κ3) is 5.03. The zero-order valence-corrected chi connectivity index (χ0v) is 9.69. The highest BCUT2D eigenvalue weighted by Gasteiger charge is 2.14. The summed E-state index contributed by atoms with van der Waals surface area (Å²) in [5.41, 5.74) is 0. The van der Waals surface area contributed by atoms with Crippen molar-refractivity contribution in [1.82, 2.24) is 0 Å². The summed E-state index contributed by atoms with van der Waals surface area (Å²) in [6, 6.07) is 0. The molecule has 0 aromatic carbocycles. The van der Waals surface area contributed by atoms with Gasteiger partial charge in [-0.3, -0.25) is 0 Å². The van der Waals surface area contributed by atoms with Gasteiger partial charge in [0.25, 0.3) is 0 Å². The van der Waals surface area contributed by atoms with E-state index in [-0.39, 0.29) is 0 Å². The number of rotatable bonds is 6. The number of hydrogen-bond donors (Lipinski definition) is 0. The monoisotopic (exact) mass is 190 g/mol. The Morgan fingerprint density at radius 1 is 1.17 bits per heavy atom. The zero-order valence-electron chi connectivity index (χ0n) is 8.94. The standard InChI is InChI=1S/C11H23Cl/c1-5-6-10(4)7-11(8-12)9(2)3/h9-11H,5-8H2,1-4H3. The Morgan fingerprint density at radius 2 is 1.75 bits per heavy atom. The maximum atomic E-state index is 5.91. The van der Waals surface area contributed by atoms with Crippen LogP contribution in [0, 0.1) is 17.8 Å². The van der Waals surface area contributed by atoms with Crippen LogP contribution >= 0.6 is 11.6 Å². The second kappa shape index (κ2) is 6.77. The van der Waals surface area contributed by atoms with Crippen LogP contribution in [0.15, 0.2) is 0 Å². The van der Waals surface area contributed by atoms with Crippen LogP contribution in [0.1, 0.15) is 47.0 Å². The van der Waals surface area contributed by atoms with Gasteiger partial charge >= 0.3 is 0 Å². The Bertz CT molecular complexity index is 99.2. The van der Waals surface area contributed by atoms with Crippen LogP contribution in [0.4, 0.5) is 0 Å². The predicted molar refractivity (Wildman–Crippen MR) is 57.7 cm³/mol. The van der Waals surface area contributed by atoms with Gasteiger partial charge in [-0.05, 0) is 24.2 Å². The number of alkyl halides is 1. The first-order chi connectivity index (χ1) is 5.61. The summed E-state index contributed by atoms with van der Waals surface area (Å²) in [4.78, 5) is 0. The molecule has 0 nitrogen and oxygen atoms in total. The summed E-state index contributed by atoms with van der Waals surface area (Å²) in [7, 11) is 0. The molecule has 0 aliphatic heterocycles. The van der Waals surface area contributed by atoms with E-state index in [1.807, 2.05) is 0 Å². The molecule has 0 aliphatic carbocycles. The van der Waals surface area contributed by atoms with Gasteiger partial charge in [0.1, 0.15) is 0 Å². The van der Waals surface area contributed by atoms with E-state index in [0.29, 0.717) is 5.92 Å². The second-order valence-corrected chi connectivity index (χ2v) is 4.60. The molecular formula is C11H23Cl. The topological polar surface area (TPSA) is 0 Å². The lowest BCUT2D eigenvalue weighted by Crippen LogP contribution is -2.14. The summed E-state index contributed by atoms with van der Waals surface area (Å²) >= 11 is 5.91. The van der Waals surface area contributed by atoms with Crippen molar-refractivity contribution in [2.24, 2.45) is 17.8 Å². The largest absolute Gasteiger partial charge is 0.126 e. The second-order valence-electron chi connectivity index (χ2n) is 4.29. The van der Waals surface area contributed by atoms with Gasteiger partial charge < -0.3 is 0 Å². The molecule has 0 rings (SSSR count). The Labute approximate surface area is 82.7 Å². The van der Waals surface area contributed by atoms with E-state index in [1.165, 1.54) is 19.3 Å². The maximum absolute atomic E-state index is 5.91. The lowest BCUT2D eigenvalue weighted by Gasteiger charge is -2.21. The molecule has 0 aromatic heterocycles. The van der Waals surface area contributed by atoms with Crippen molar-refractivity contribution in [2.45, 2.75) is 47.0 Å². The highest BCUT2D eigenvalue weighted by atomic mass is 35.5. The first-order valence-corrected chi connectivity index (χ1v) is 5.71. The summed E-state index contributed by atoms with van der Waals surface area (Å²) < 4.78 is 0. The van der Waals surface area contributed by atoms with Crippen LogP contribution < -0.4 is 0 Å². The Hall–Kier alpha value is 0.290. The molecule has 0 amide bonds. The van der Waals surface area contributed by atoms with Gasteiger partial charge in [0, 0.05) is 5.88 Å². The zero-order chi connectivity index (χ0) is 9.56. The molecular weight excluding hydrogens is 168 g/mol. The quantitative estimate of drug-likeness (QED) is 0.548. The smallest absolute Gasteiger partial charge is 0.0254 e. The predicted octanol–water partition coefficient (Wildman–Crippen LogP) is 4.32. The molecule has 74 valence electrons. The molecule has 0 aliphatic rings. The average molecular weight is 191 g/mol. The average Bonchev–Trinajstić information content (AvgIpc) is 2.00. The minimum Gasteiger partial charge on any atom is -0.126 e. The van der Waals surface area contributed by atoms with Gasteiger partial charge in [0.15, 0.2) is 0 Å². The molecule has 0 spiro atoms. The molecule has 0 aromatic rings. The third-order valence-electron chi connectivity index (χ3n) is 2.63. The summed E-state index contributed by atoms with van der Waals surface area (Å²) in [6.07, 6.45) is 3.95. The molecule has 0 heterocycles. The Kier molecular flexibility index (Phi) is 6.93. The molecule has 0 N–H and O–H groups in total. The highest BCUT2D eigenvalue weighted by Crippen LogP contribution is 2.23. The van der Waals surface area contributed by atoms with Crippen LogP contribution in [0.5, 0.6) is 0 Å². The third-order valence-corrected chi connectivity index (χ3v) is 3.02. The van der Waals surface area contributed by atoms with E-state index in [4.69, 9.17) is 11.6 Å². The first kappa shape index (κ1) is 12.3. The van der Waals surface area contributed by atoms with E-state index < -0.39 is 0 Å².